The van der Waals surface area contributed by atoms with Crippen LogP contribution in [0.15, 0.2) is 46.2 Å². The van der Waals surface area contributed by atoms with E-state index < -0.39 is 21.6 Å². The molecule has 0 aliphatic carbocycles. The third-order valence-electron chi connectivity index (χ3n) is 3.41. The average Bonchev–Trinajstić information content (AvgIpc) is 3.01. The van der Waals surface area contributed by atoms with Crippen LogP contribution in [0.2, 0.25) is 0 Å². The van der Waals surface area contributed by atoms with Gasteiger partial charge in [-0.05, 0) is 56.5 Å². The molecule has 0 fully saturated rings. The molecular weight excluding hydrogens is 453 g/mol. The van der Waals surface area contributed by atoms with Crippen LogP contribution in [0.5, 0.6) is 5.75 Å². The van der Waals surface area contributed by atoms with Crippen LogP contribution in [0.3, 0.4) is 0 Å². The number of H-pyrrole nitrogens is 1. The van der Waals surface area contributed by atoms with Crippen molar-refractivity contribution in [2.24, 2.45) is 0 Å². The molecule has 0 aliphatic rings. The van der Waals surface area contributed by atoms with Crippen molar-refractivity contribution < 1.29 is 30.9 Å². The molecule has 142 valence electrons. The van der Waals surface area contributed by atoms with Gasteiger partial charge in [0.2, 0.25) is 0 Å². The zero-order chi connectivity index (χ0) is 19.8. The van der Waals surface area contributed by atoms with E-state index >= 15 is 0 Å². The summed E-state index contributed by atoms with van der Waals surface area (Å²) < 4.78 is 72.4. The molecule has 27 heavy (non-hydrogen) atoms. The summed E-state index contributed by atoms with van der Waals surface area (Å²) in [4.78, 5) is 5.95. The van der Waals surface area contributed by atoms with E-state index in [-0.39, 0.29) is 10.2 Å². The molecule has 11 heteroatoms. The van der Waals surface area contributed by atoms with Gasteiger partial charge < -0.3 is 9.72 Å². The number of benzene rings is 2. The number of nitrogens with one attached hydrogen (secondary N) is 1. The number of rotatable bonds is 4. The largest absolute Gasteiger partial charge is 0.573 e. The molecule has 0 amide bonds. The molecule has 0 unspecified atom stereocenters. The number of fused-ring (bicyclic) bond motifs is 1. The minimum atomic E-state index is -4.81. The molecule has 0 atom stereocenters. The summed E-state index contributed by atoms with van der Waals surface area (Å²) in [7, 11) is -4.43. The third-order valence-corrected chi connectivity index (χ3v) is 4.73. The Bertz CT molecular complexity index is 1140. The Morgan fingerprint density at radius 2 is 1.89 bits per heavy atom. The lowest BCUT2D eigenvalue weighted by atomic mass is 10.1. The van der Waals surface area contributed by atoms with E-state index in [9.17, 15) is 21.6 Å². The highest BCUT2D eigenvalue weighted by molar-refractivity contribution is 9.10. The van der Waals surface area contributed by atoms with Crippen molar-refractivity contribution in [1.82, 2.24) is 9.97 Å². The normalized spacial score (nSPS) is 12.8. The number of hydrogen-bond donors (Lipinski definition) is 2. The number of halogens is 4. The highest BCUT2D eigenvalue weighted by Crippen LogP contribution is 2.34. The molecule has 3 rings (SSSR count). The van der Waals surface area contributed by atoms with Gasteiger partial charge >= 0.3 is 16.5 Å². The standard InChI is InChI=1S/C16H10BrF3N2O4S/c17-13-6-10-3-1-9(5-11(10)7-14(13)26-16(18,19)20)2-4-12-8-21-15(22-12)27(23,24)25/h1-8H,(H,21,22)(H,23,24,25). The van der Waals surface area contributed by atoms with Gasteiger partial charge in [-0.3, -0.25) is 4.55 Å². The second kappa shape index (κ2) is 6.98. The van der Waals surface area contributed by atoms with Gasteiger partial charge in [-0.2, -0.15) is 8.42 Å². The number of imidazole rings is 1. The van der Waals surface area contributed by atoms with Crippen LogP contribution in [0.25, 0.3) is 22.9 Å². The third kappa shape index (κ3) is 4.87. The Morgan fingerprint density at radius 3 is 2.52 bits per heavy atom. The molecular formula is C16H10BrF3N2O4S. The fourth-order valence-corrected chi connectivity index (χ4v) is 3.17. The summed E-state index contributed by atoms with van der Waals surface area (Å²) in [6.07, 6.45) is -0.478. The van der Waals surface area contributed by atoms with Crippen molar-refractivity contribution in [1.29, 1.82) is 0 Å². The molecule has 1 heterocycles. The number of nitrogens with zero attached hydrogens (tertiary/aromatic N) is 1. The first-order valence-electron chi connectivity index (χ1n) is 7.21. The van der Waals surface area contributed by atoms with Gasteiger partial charge in [0.15, 0.2) is 0 Å². The predicted molar refractivity (Wildman–Crippen MR) is 95.7 cm³/mol. The fourth-order valence-electron chi connectivity index (χ4n) is 2.29. The Kier molecular flexibility index (Phi) is 5.02. The van der Waals surface area contributed by atoms with E-state index in [1.165, 1.54) is 24.4 Å². The highest BCUT2D eigenvalue weighted by atomic mass is 79.9. The van der Waals surface area contributed by atoms with E-state index in [1.54, 1.807) is 24.3 Å². The number of ether oxygens (including phenoxy) is 1. The molecule has 0 radical (unpaired) electrons. The first-order chi connectivity index (χ1) is 12.5. The van der Waals surface area contributed by atoms with Gasteiger partial charge in [0.05, 0.1) is 16.4 Å². The van der Waals surface area contributed by atoms with Crippen molar-refractivity contribution in [2.45, 2.75) is 11.5 Å². The second-order valence-electron chi connectivity index (χ2n) is 5.39. The van der Waals surface area contributed by atoms with Crippen molar-refractivity contribution in [3.63, 3.8) is 0 Å². The molecule has 3 aromatic rings. The zero-order valence-corrected chi connectivity index (χ0v) is 15.6. The first kappa shape index (κ1) is 19.4. The highest BCUT2D eigenvalue weighted by Gasteiger charge is 2.32. The molecule has 0 bridgehead atoms. The van der Waals surface area contributed by atoms with Gasteiger partial charge in [0.1, 0.15) is 5.75 Å². The Labute approximate surface area is 159 Å². The fraction of sp³-hybridized carbons (Fsp3) is 0.0625. The lowest BCUT2D eigenvalue weighted by Crippen LogP contribution is -2.17. The summed E-state index contributed by atoms with van der Waals surface area (Å²) in [5, 5.41) is 0.631. The second-order valence-corrected chi connectivity index (χ2v) is 7.58. The maximum Gasteiger partial charge on any atom is 0.573 e. The summed E-state index contributed by atoms with van der Waals surface area (Å²) in [5.41, 5.74) is 0.963. The van der Waals surface area contributed by atoms with E-state index in [0.29, 0.717) is 22.0 Å². The van der Waals surface area contributed by atoms with Gasteiger partial charge in [-0.25, -0.2) is 4.98 Å². The van der Waals surface area contributed by atoms with Crippen LogP contribution in [0.1, 0.15) is 11.3 Å². The molecule has 0 saturated heterocycles. The number of aromatic amines is 1. The van der Waals surface area contributed by atoms with Crippen LogP contribution < -0.4 is 4.74 Å². The lowest BCUT2D eigenvalue weighted by Gasteiger charge is -2.11. The summed E-state index contributed by atoms with van der Waals surface area (Å²) in [5.74, 6) is -0.359. The minimum Gasteiger partial charge on any atom is -0.405 e. The van der Waals surface area contributed by atoms with Crippen molar-refractivity contribution in [3.05, 3.63) is 52.3 Å². The van der Waals surface area contributed by atoms with Gasteiger partial charge in [0.25, 0.3) is 5.16 Å². The smallest absolute Gasteiger partial charge is 0.405 e. The Balaban J connectivity index is 1.91. The zero-order valence-electron chi connectivity index (χ0n) is 13.2. The molecule has 0 saturated carbocycles. The van der Waals surface area contributed by atoms with Crippen molar-refractivity contribution in [3.8, 4) is 5.75 Å². The van der Waals surface area contributed by atoms with E-state index in [2.05, 4.69) is 30.6 Å². The molecule has 0 aliphatic heterocycles. The van der Waals surface area contributed by atoms with Crippen LogP contribution in [-0.2, 0) is 10.1 Å². The van der Waals surface area contributed by atoms with Crippen molar-refractivity contribution >= 4 is 49.0 Å². The van der Waals surface area contributed by atoms with Crippen LogP contribution in [0.4, 0.5) is 13.2 Å². The minimum absolute atomic E-state index is 0.172. The Morgan fingerprint density at radius 1 is 1.15 bits per heavy atom. The summed E-state index contributed by atoms with van der Waals surface area (Å²) >= 11 is 3.05. The van der Waals surface area contributed by atoms with E-state index in [4.69, 9.17) is 4.55 Å². The maximum atomic E-state index is 12.5. The SMILES string of the molecule is O=S(=O)(O)c1ncc(C=Cc2ccc3cc(Br)c(OC(F)(F)F)cc3c2)[nH]1. The average molecular weight is 463 g/mol. The molecule has 2 aromatic carbocycles. The summed E-state index contributed by atoms with van der Waals surface area (Å²) in [6.45, 7) is 0. The molecule has 6 nitrogen and oxygen atoms in total. The van der Waals surface area contributed by atoms with Crippen LogP contribution in [-0.4, -0.2) is 29.3 Å². The van der Waals surface area contributed by atoms with Crippen molar-refractivity contribution in [2.75, 3.05) is 0 Å². The summed E-state index contributed by atoms with van der Waals surface area (Å²) in [6, 6.07) is 7.86. The topological polar surface area (TPSA) is 92.3 Å². The van der Waals surface area contributed by atoms with Crippen LogP contribution >= 0.6 is 15.9 Å². The van der Waals surface area contributed by atoms with Gasteiger partial charge in [-0.15, -0.1) is 13.2 Å². The quantitative estimate of drug-likeness (QED) is 0.550. The molecule has 1 aromatic heterocycles. The molecule has 2 N–H and O–H groups in total. The lowest BCUT2D eigenvalue weighted by molar-refractivity contribution is -0.274. The maximum absolute atomic E-state index is 12.5. The van der Waals surface area contributed by atoms with Crippen LogP contribution in [0, 0.1) is 0 Å². The number of hydrogen-bond acceptors (Lipinski definition) is 4. The van der Waals surface area contributed by atoms with E-state index in [1.807, 2.05) is 0 Å². The number of aromatic nitrogens is 2. The van der Waals surface area contributed by atoms with E-state index in [0.717, 1.165) is 0 Å². The number of alkyl halides is 3. The van der Waals surface area contributed by atoms with Gasteiger partial charge in [0, 0.05) is 0 Å². The predicted octanol–water partition coefficient (Wildman–Crippen LogP) is 4.64. The van der Waals surface area contributed by atoms with Gasteiger partial charge in [-0.1, -0.05) is 18.2 Å². The monoisotopic (exact) mass is 462 g/mol. The first-order valence-corrected chi connectivity index (χ1v) is 9.44. The Hall–Kier alpha value is -2.37. The molecule has 0 spiro atoms.